The molecule has 2 N–H and O–H groups in total. The van der Waals surface area contributed by atoms with Crippen molar-refractivity contribution in [3.63, 3.8) is 0 Å². The lowest BCUT2D eigenvalue weighted by Gasteiger charge is -2.04. The van der Waals surface area contributed by atoms with Gasteiger partial charge in [-0.3, -0.25) is 9.52 Å². The zero-order valence-electron chi connectivity index (χ0n) is 7.44. The van der Waals surface area contributed by atoms with E-state index in [0.29, 0.717) is 11.4 Å². The van der Waals surface area contributed by atoms with Gasteiger partial charge in [-0.25, -0.2) is 8.42 Å². The molecule has 1 aromatic carbocycles. The van der Waals surface area contributed by atoms with E-state index >= 15 is 0 Å². The molecule has 0 aliphatic rings. The van der Waals surface area contributed by atoms with Gasteiger partial charge < -0.3 is 5.32 Å². The van der Waals surface area contributed by atoms with Gasteiger partial charge in [0.25, 0.3) is 0 Å². The maximum absolute atomic E-state index is 10.9. The highest BCUT2D eigenvalue weighted by molar-refractivity contribution is 7.92. The zero-order valence-corrected chi connectivity index (χ0v) is 8.26. The molecule has 1 rings (SSSR count). The fraction of sp³-hybridized carbons (Fsp3) is 0.125. The SMILES string of the molecule is CS(=O)(=O)Nc1cccc(N[C]=O)c1. The van der Waals surface area contributed by atoms with Gasteiger partial charge in [-0.1, -0.05) is 6.07 Å². The van der Waals surface area contributed by atoms with Crippen molar-refractivity contribution in [3.8, 4) is 0 Å². The summed E-state index contributed by atoms with van der Waals surface area (Å²) in [6.07, 6.45) is 2.55. The smallest absolute Gasteiger partial charge is 0.314 e. The van der Waals surface area contributed by atoms with Crippen molar-refractivity contribution >= 4 is 27.8 Å². The molecular formula is C8H9N2O3S. The first-order chi connectivity index (χ1) is 6.51. The Hall–Kier alpha value is -1.56. The summed E-state index contributed by atoms with van der Waals surface area (Å²) in [7, 11) is -3.29. The third kappa shape index (κ3) is 3.44. The largest absolute Gasteiger partial charge is 0.318 e. The van der Waals surface area contributed by atoms with Crippen LogP contribution in [0.1, 0.15) is 0 Å². The first-order valence-electron chi connectivity index (χ1n) is 3.72. The molecule has 1 aromatic rings. The van der Waals surface area contributed by atoms with Crippen molar-refractivity contribution in [2.45, 2.75) is 0 Å². The maximum atomic E-state index is 10.9. The third-order valence-electron chi connectivity index (χ3n) is 1.36. The second kappa shape index (κ2) is 4.10. The average Bonchev–Trinajstić information content (AvgIpc) is 2.02. The summed E-state index contributed by atoms with van der Waals surface area (Å²) in [5, 5.41) is 2.29. The van der Waals surface area contributed by atoms with Crippen molar-refractivity contribution in [1.82, 2.24) is 0 Å². The molecule has 14 heavy (non-hydrogen) atoms. The van der Waals surface area contributed by atoms with E-state index in [4.69, 9.17) is 0 Å². The predicted molar refractivity (Wildman–Crippen MR) is 54.2 cm³/mol. The average molecular weight is 213 g/mol. The third-order valence-corrected chi connectivity index (χ3v) is 1.97. The lowest BCUT2D eigenvalue weighted by Crippen LogP contribution is -2.09. The Balaban J connectivity index is 2.88. The molecule has 0 bridgehead atoms. The molecule has 6 heteroatoms. The number of rotatable bonds is 4. The van der Waals surface area contributed by atoms with Gasteiger partial charge in [0, 0.05) is 5.69 Å². The summed E-state index contributed by atoms with van der Waals surface area (Å²) >= 11 is 0. The van der Waals surface area contributed by atoms with Gasteiger partial charge in [0.05, 0.1) is 11.9 Å². The number of hydrogen-bond acceptors (Lipinski definition) is 3. The van der Waals surface area contributed by atoms with Crippen LogP contribution >= 0.6 is 0 Å². The molecule has 0 atom stereocenters. The van der Waals surface area contributed by atoms with Gasteiger partial charge in [0.15, 0.2) is 0 Å². The summed E-state index contributed by atoms with van der Waals surface area (Å²) in [6, 6.07) is 6.31. The fourth-order valence-corrected chi connectivity index (χ4v) is 1.49. The molecule has 0 fully saturated rings. The summed E-state index contributed by atoms with van der Waals surface area (Å²) in [4.78, 5) is 10.00. The van der Waals surface area contributed by atoms with E-state index < -0.39 is 10.0 Å². The Morgan fingerprint density at radius 1 is 1.29 bits per heavy atom. The van der Waals surface area contributed by atoms with Crippen LogP contribution in [-0.2, 0) is 14.8 Å². The fourth-order valence-electron chi connectivity index (χ4n) is 0.933. The van der Waals surface area contributed by atoms with E-state index in [0.717, 1.165) is 6.26 Å². The molecular weight excluding hydrogens is 204 g/mol. The van der Waals surface area contributed by atoms with Crippen LogP contribution in [0.25, 0.3) is 0 Å². The van der Waals surface area contributed by atoms with Crippen LogP contribution in [0.3, 0.4) is 0 Å². The molecule has 5 nitrogen and oxygen atoms in total. The van der Waals surface area contributed by atoms with Crippen molar-refractivity contribution in [2.75, 3.05) is 16.3 Å². The van der Waals surface area contributed by atoms with Crippen LogP contribution in [0, 0.1) is 0 Å². The van der Waals surface area contributed by atoms with E-state index in [1.165, 1.54) is 12.5 Å². The van der Waals surface area contributed by atoms with Gasteiger partial charge in [-0.2, -0.15) is 0 Å². The Morgan fingerprint density at radius 3 is 2.50 bits per heavy atom. The normalized spacial score (nSPS) is 10.6. The number of anilines is 2. The Morgan fingerprint density at radius 2 is 1.93 bits per heavy atom. The van der Waals surface area contributed by atoms with E-state index in [1.54, 1.807) is 18.2 Å². The van der Waals surface area contributed by atoms with E-state index in [2.05, 4.69) is 10.0 Å². The van der Waals surface area contributed by atoms with Gasteiger partial charge in [0.1, 0.15) is 0 Å². The lowest BCUT2D eigenvalue weighted by molar-refractivity contribution is 0.561. The van der Waals surface area contributed by atoms with Gasteiger partial charge in [-0.15, -0.1) is 0 Å². The summed E-state index contributed by atoms with van der Waals surface area (Å²) < 4.78 is 24.0. The van der Waals surface area contributed by atoms with Crippen LogP contribution < -0.4 is 10.0 Å². The van der Waals surface area contributed by atoms with Crippen LogP contribution in [0.4, 0.5) is 11.4 Å². The standard InChI is InChI=1S/C8H9N2O3S/c1-14(12,13)10-8-4-2-3-7(5-8)9-6-11/h2-5,10H,1H3,(H,9,11). The Kier molecular flexibility index (Phi) is 3.08. The molecule has 0 spiro atoms. The van der Waals surface area contributed by atoms with Crippen LogP contribution in [0.15, 0.2) is 24.3 Å². The summed E-state index contributed by atoms with van der Waals surface area (Å²) in [6.45, 7) is 0. The molecule has 0 aliphatic heterocycles. The monoisotopic (exact) mass is 213 g/mol. The van der Waals surface area contributed by atoms with E-state index in [1.807, 2.05) is 0 Å². The zero-order chi connectivity index (χ0) is 10.6. The predicted octanol–water partition coefficient (Wildman–Crippen LogP) is 0.537. The molecule has 0 saturated heterocycles. The quantitative estimate of drug-likeness (QED) is 0.717. The van der Waals surface area contributed by atoms with Crippen LogP contribution in [-0.4, -0.2) is 21.1 Å². The van der Waals surface area contributed by atoms with Crippen molar-refractivity contribution in [2.24, 2.45) is 0 Å². The molecule has 1 radical (unpaired) electrons. The number of carbonyl (C=O) groups excluding carboxylic acids is 1. The highest BCUT2D eigenvalue weighted by Crippen LogP contribution is 2.14. The molecule has 0 unspecified atom stereocenters. The molecule has 0 aromatic heterocycles. The van der Waals surface area contributed by atoms with Crippen LogP contribution in [0.5, 0.6) is 0 Å². The highest BCUT2D eigenvalue weighted by Gasteiger charge is 2.01. The molecule has 0 heterocycles. The molecule has 75 valence electrons. The van der Waals surface area contributed by atoms with E-state index in [9.17, 15) is 13.2 Å². The lowest BCUT2D eigenvalue weighted by atomic mass is 10.3. The number of amides is 1. The molecule has 0 aliphatic carbocycles. The summed E-state index contributed by atoms with van der Waals surface area (Å²) in [5.74, 6) is 0. The minimum atomic E-state index is -3.29. The number of benzene rings is 1. The maximum Gasteiger partial charge on any atom is 0.314 e. The van der Waals surface area contributed by atoms with Crippen molar-refractivity contribution in [3.05, 3.63) is 24.3 Å². The molecule has 0 saturated carbocycles. The topological polar surface area (TPSA) is 75.3 Å². The second-order valence-electron chi connectivity index (χ2n) is 2.68. The van der Waals surface area contributed by atoms with E-state index in [-0.39, 0.29) is 0 Å². The van der Waals surface area contributed by atoms with Gasteiger partial charge >= 0.3 is 6.41 Å². The summed E-state index contributed by atoms with van der Waals surface area (Å²) in [5.41, 5.74) is 0.876. The van der Waals surface area contributed by atoms with Crippen molar-refractivity contribution < 1.29 is 13.2 Å². The number of nitrogens with one attached hydrogen (secondary N) is 2. The van der Waals surface area contributed by atoms with Crippen molar-refractivity contribution in [1.29, 1.82) is 0 Å². The first-order valence-corrected chi connectivity index (χ1v) is 5.61. The highest BCUT2D eigenvalue weighted by atomic mass is 32.2. The Bertz CT molecular complexity index is 428. The first kappa shape index (κ1) is 10.5. The number of hydrogen-bond donors (Lipinski definition) is 2. The number of sulfonamides is 1. The molecule has 1 amide bonds. The van der Waals surface area contributed by atoms with Gasteiger partial charge in [0.2, 0.25) is 10.0 Å². The second-order valence-corrected chi connectivity index (χ2v) is 4.43. The van der Waals surface area contributed by atoms with Crippen LogP contribution in [0.2, 0.25) is 0 Å². The minimum absolute atomic E-state index is 0.396. The Labute approximate surface area is 82.2 Å². The minimum Gasteiger partial charge on any atom is -0.318 e. The van der Waals surface area contributed by atoms with Gasteiger partial charge in [-0.05, 0) is 18.2 Å².